The lowest BCUT2D eigenvalue weighted by molar-refractivity contribution is -0.137. The van der Waals surface area contributed by atoms with E-state index < -0.39 is 17.7 Å². The van der Waals surface area contributed by atoms with Crippen molar-refractivity contribution in [2.75, 3.05) is 12.8 Å². The van der Waals surface area contributed by atoms with Crippen molar-refractivity contribution in [3.8, 4) is 11.5 Å². The molecule has 0 unspecified atom stereocenters. The molecule has 2 N–H and O–H groups in total. The lowest BCUT2D eigenvalue weighted by atomic mass is 10.1. The number of hydrogen-bond donors (Lipinski definition) is 1. The van der Waals surface area contributed by atoms with Gasteiger partial charge in [-0.3, -0.25) is 0 Å². The summed E-state index contributed by atoms with van der Waals surface area (Å²) in [5.74, 6) is -0.465. The lowest BCUT2D eigenvalue weighted by Gasteiger charge is -2.12. The van der Waals surface area contributed by atoms with E-state index in [9.17, 15) is 18.0 Å². The van der Waals surface area contributed by atoms with Crippen LogP contribution >= 0.6 is 11.6 Å². The Morgan fingerprint density at radius 2 is 1.87 bits per heavy atom. The maximum atomic E-state index is 12.6. The Balaban J connectivity index is 2.31. The molecular weight excluding hydrogens is 335 g/mol. The largest absolute Gasteiger partial charge is 0.465 e. The molecule has 0 fully saturated rings. The van der Waals surface area contributed by atoms with Crippen LogP contribution in [0.1, 0.15) is 15.9 Å². The van der Waals surface area contributed by atoms with Gasteiger partial charge >= 0.3 is 12.1 Å². The fraction of sp³-hybridized carbons (Fsp3) is 0.133. The number of carbonyl (C=O) groups is 1. The van der Waals surface area contributed by atoms with Gasteiger partial charge in [0.25, 0.3) is 0 Å². The third-order valence-electron chi connectivity index (χ3n) is 2.92. The quantitative estimate of drug-likeness (QED) is 0.656. The third kappa shape index (κ3) is 3.87. The van der Waals surface area contributed by atoms with Gasteiger partial charge in [-0.25, -0.2) is 4.79 Å². The van der Waals surface area contributed by atoms with E-state index in [-0.39, 0.29) is 27.8 Å². The number of carbonyl (C=O) groups excluding carboxylic acids is 1. The minimum absolute atomic E-state index is 0.0141. The highest BCUT2D eigenvalue weighted by molar-refractivity contribution is 6.32. The van der Waals surface area contributed by atoms with Gasteiger partial charge in [-0.1, -0.05) is 11.6 Å². The SMILES string of the molecule is COC(=O)c1cc(Oc2ccc(C(F)(F)F)cc2Cl)ccc1N. The summed E-state index contributed by atoms with van der Waals surface area (Å²) >= 11 is 5.80. The van der Waals surface area contributed by atoms with Crippen LogP contribution in [-0.2, 0) is 10.9 Å². The molecule has 2 aromatic carbocycles. The summed E-state index contributed by atoms with van der Waals surface area (Å²) in [7, 11) is 1.20. The molecule has 0 bridgehead atoms. The van der Waals surface area contributed by atoms with Crippen molar-refractivity contribution in [1.29, 1.82) is 0 Å². The van der Waals surface area contributed by atoms with E-state index >= 15 is 0 Å². The van der Waals surface area contributed by atoms with Crippen molar-refractivity contribution in [2.24, 2.45) is 0 Å². The first-order valence-electron chi connectivity index (χ1n) is 6.25. The molecule has 2 aromatic rings. The van der Waals surface area contributed by atoms with Crippen molar-refractivity contribution in [1.82, 2.24) is 0 Å². The van der Waals surface area contributed by atoms with E-state index in [2.05, 4.69) is 4.74 Å². The maximum Gasteiger partial charge on any atom is 0.416 e. The second-order valence-electron chi connectivity index (χ2n) is 4.49. The number of nitrogens with two attached hydrogens (primary N) is 1. The molecule has 0 amide bonds. The molecule has 8 heteroatoms. The number of rotatable bonds is 3. The van der Waals surface area contributed by atoms with Gasteiger partial charge < -0.3 is 15.2 Å². The zero-order valence-corrected chi connectivity index (χ0v) is 12.5. The summed E-state index contributed by atoms with van der Waals surface area (Å²) < 4.78 is 47.7. The lowest BCUT2D eigenvalue weighted by Crippen LogP contribution is -2.06. The Labute approximate surface area is 134 Å². The second kappa shape index (κ2) is 6.37. The predicted molar refractivity (Wildman–Crippen MR) is 78.7 cm³/mol. The van der Waals surface area contributed by atoms with Crippen LogP contribution in [0.5, 0.6) is 11.5 Å². The number of nitrogen functional groups attached to an aromatic ring is 1. The monoisotopic (exact) mass is 345 g/mol. The van der Waals surface area contributed by atoms with Gasteiger partial charge in [-0.05, 0) is 36.4 Å². The number of esters is 1. The minimum atomic E-state index is -4.50. The molecule has 0 aliphatic rings. The molecule has 0 radical (unpaired) electrons. The summed E-state index contributed by atoms with van der Waals surface area (Å²) in [6.45, 7) is 0. The Morgan fingerprint density at radius 3 is 2.43 bits per heavy atom. The van der Waals surface area contributed by atoms with Crippen LogP contribution in [0.4, 0.5) is 18.9 Å². The second-order valence-corrected chi connectivity index (χ2v) is 4.89. The number of halogens is 4. The molecule has 0 saturated heterocycles. The summed E-state index contributed by atoms with van der Waals surface area (Å²) in [4.78, 5) is 11.6. The van der Waals surface area contributed by atoms with Crippen molar-refractivity contribution >= 4 is 23.3 Å². The molecule has 0 aliphatic carbocycles. The molecule has 0 aromatic heterocycles. The third-order valence-corrected chi connectivity index (χ3v) is 3.21. The van der Waals surface area contributed by atoms with E-state index in [0.717, 1.165) is 18.2 Å². The average Bonchev–Trinajstić information content (AvgIpc) is 2.49. The number of hydrogen-bond acceptors (Lipinski definition) is 4. The summed E-state index contributed by atoms with van der Waals surface area (Å²) in [6.07, 6.45) is -4.50. The molecule has 0 aliphatic heterocycles. The van der Waals surface area contributed by atoms with Crippen LogP contribution in [0.2, 0.25) is 5.02 Å². The maximum absolute atomic E-state index is 12.6. The highest BCUT2D eigenvalue weighted by Gasteiger charge is 2.31. The number of methoxy groups -OCH3 is 1. The highest BCUT2D eigenvalue weighted by Crippen LogP contribution is 2.36. The van der Waals surface area contributed by atoms with Crippen molar-refractivity contribution in [3.05, 3.63) is 52.5 Å². The highest BCUT2D eigenvalue weighted by atomic mass is 35.5. The van der Waals surface area contributed by atoms with Gasteiger partial charge in [0, 0.05) is 5.69 Å². The molecule has 0 atom stereocenters. The molecule has 0 heterocycles. The Bertz CT molecular complexity index is 747. The molecule has 0 saturated carbocycles. The van der Waals surface area contributed by atoms with Crippen LogP contribution in [0.3, 0.4) is 0 Å². The van der Waals surface area contributed by atoms with Crippen LogP contribution < -0.4 is 10.5 Å². The van der Waals surface area contributed by atoms with Crippen LogP contribution in [0.15, 0.2) is 36.4 Å². The average molecular weight is 346 g/mol. The van der Waals surface area contributed by atoms with Crippen molar-refractivity contribution in [2.45, 2.75) is 6.18 Å². The fourth-order valence-electron chi connectivity index (χ4n) is 1.77. The van der Waals surface area contributed by atoms with Gasteiger partial charge in [-0.2, -0.15) is 13.2 Å². The van der Waals surface area contributed by atoms with Gasteiger partial charge in [0.15, 0.2) is 0 Å². The molecule has 23 heavy (non-hydrogen) atoms. The van der Waals surface area contributed by atoms with Crippen molar-refractivity contribution < 1.29 is 27.4 Å². The fourth-order valence-corrected chi connectivity index (χ4v) is 1.99. The van der Waals surface area contributed by atoms with Crippen LogP contribution in [0, 0.1) is 0 Å². The zero-order chi connectivity index (χ0) is 17.2. The first-order valence-corrected chi connectivity index (χ1v) is 6.62. The standard InChI is InChI=1S/C15H11ClF3NO3/c1-22-14(21)10-7-9(3-4-12(10)20)23-13-5-2-8(6-11(13)16)15(17,18)19/h2-7H,20H2,1H3. The topological polar surface area (TPSA) is 61.5 Å². The van der Waals surface area contributed by atoms with E-state index in [1.54, 1.807) is 0 Å². The Kier molecular flexibility index (Phi) is 4.70. The number of alkyl halides is 3. The smallest absolute Gasteiger partial charge is 0.416 e. The van der Waals surface area contributed by atoms with E-state index in [0.29, 0.717) is 0 Å². The predicted octanol–water partition coefficient (Wildman–Crippen LogP) is 4.52. The summed E-state index contributed by atoms with van der Waals surface area (Å²) in [5, 5.41) is -0.212. The number of ether oxygens (including phenoxy) is 2. The normalized spacial score (nSPS) is 11.2. The summed E-state index contributed by atoms with van der Waals surface area (Å²) in [5.41, 5.74) is 5.02. The molecular formula is C15H11ClF3NO3. The first kappa shape index (κ1) is 17.0. The van der Waals surface area contributed by atoms with Crippen molar-refractivity contribution in [3.63, 3.8) is 0 Å². The van der Waals surface area contributed by atoms with Crippen LogP contribution in [0.25, 0.3) is 0 Å². The van der Waals surface area contributed by atoms with E-state index in [1.807, 2.05) is 0 Å². The summed E-state index contributed by atoms with van der Waals surface area (Å²) in [6, 6.07) is 6.89. The van der Waals surface area contributed by atoms with Gasteiger partial charge in [-0.15, -0.1) is 0 Å². The van der Waals surface area contributed by atoms with Gasteiger partial charge in [0.05, 0.1) is 23.3 Å². The first-order chi connectivity index (χ1) is 10.7. The van der Waals surface area contributed by atoms with Crippen LogP contribution in [-0.4, -0.2) is 13.1 Å². The molecule has 4 nitrogen and oxygen atoms in total. The Morgan fingerprint density at radius 1 is 1.17 bits per heavy atom. The zero-order valence-electron chi connectivity index (χ0n) is 11.8. The number of anilines is 1. The number of benzene rings is 2. The van der Waals surface area contributed by atoms with Gasteiger partial charge in [0.2, 0.25) is 0 Å². The minimum Gasteiger partial charge on any atom is -0.465 e. The van der Waals surface area contributed by atoms with Gasteiger partial charge in [0.1, 0.15) is 11.5 Å². The molecule has 122 valence electrons. The molecule has 2 rings (SSSR count). The van der Waals surface area contributed by atoms with E-state index in [4.69, 9.17) is 22.1 Å². The van der Waals surface area contributed by atoms with E-state index in [1.165, 1.54) is 25.3 Å². The Hall–Kier alpha value is -2.41. The molecule has 0 spiro atoms.